The molecule has 3 aromatic heterocycles. The Morgan fingerprint density at radius 3 is 2.70 bits per heavy atom. The fraction of sp³-hybridized carbons (Fsp3) is 0.391. The van der Waals surface area contributed by atoms with Gasteiger partial charge in [-0.25, -0.2) is 4.98 Å². The zero-order valence-corrected chi connectivity index (χ0v) is 17.9. The van der Waals surface area contributed by atoms with Gasteiger partial charge in [-0.15, -0.1) is 0 Å². The van der Waals surface area contributed by atoms with E-state index in [0.717, 1.165) is 54.1 Å². The van der Waals surface area contributed by atoms with Crippen LogP contribution in [0.2, 0.25) is 0 Å². The van der Waals surface area contributed by atoms with E-state index in [4.69, 9.17) is 9.47 Å². The summed E-state index contributed by atoms with van der Waals surface area (Å²) < 4.78 is 11.1. The lowest BCUT2D eigenvalue weighted by atomic mass is 10.1. The number of hydrogen-bond acceptors (Lipinski definition) is 7. The lowest BCUT2D eigenvalue weighted by Gasteiger charge is -2.12. The maximum atomic E-state index is 5.75. The first kappa shape index (κ1) is 21.5. The van der Waals surface area contributed by atoms with E-state index in [1.807, 2.05) is 44.4 Å². The number of pyridine rings is 2. The van der Waals surface area contributed by atoms with Crippen molar-refractivity contribution in [3.05, 3.63) is 65.4 Å². The van der Waals surface area contributed by atoms with Gasteiger partial charge in [0.1, 0.15) is 5.75 Å². The van der Waals surface area contributed by atoms with E-state index in [-0.39, 0.29) is 0 Å². The van der Waals surface area contributed by atoms with E-state index < -0.39 is 0 Å². The second-order valence-corrected chi connectivity index (χ2v) is 6.98. The number of anilines is 1. The third-order valence-corrected chi connectivity index (χ3v) is 4.66. The zero-order chi connectivity index (χ0) is 21.2. The topological polar surface area (TPSA) is 82.0 Å². The molecule has 0 atom stereocenters. The maximum Gasteiger partial charge on any atom is 0.225 e. The van der Waals surface area contributed by atoms with Crippen molar-refractivity contribution in [2.45, 2.75) is 39.5 Å². The van der Waals surface area contributed by atoms with Gasteiger partial charge in [-0.3, -0.25) is 9.97 Å². The van der Waals surface area contributed by atoms with Gasteiger partial charge in [0.15, 0.2) is 0 Å². The molecule has 0 bridgehead atoms. The van der Waals surface area contributed by atoms with Crippen molar-refractivity contribution in [2.75, 3.05) is 25.6 Å². The predicted molar refractivity (Wildman–Crippen MR) is 117 cm³/mol. The highest BCUT2D eigenvalue weighted by molar-refractivity contribution is 5.36. The molecule has 0 saturated heterocycles. The fourth-order valence-corrected chi connectivity index (χ4v) is 3.10. The summed E-state index contributed by atoms with van der Waals surface area (Å²) >= 11 is 0. The molecule has 0 amide bonds. The summed E-state index contributed by atoms with van der Waals surface area (Å²) in [5.41, 5.74) is 4.05. The molecule has 0 aliphatic rings. The van der Waals surface area contributed by atoms with Gasteiger partial charge in [-0.1, -0.05) is 6.07 Å². The van der Waals surface area contributed by atoms with Gasteiger partial charge in [-0.05, 0) is 56.9 Å². The maximum absolute atomic E-state index is 5.75. The number of nitrogens with one attached hydrogen (secondary N) is 1. The molecule has 1 N–H and O–H groups in total. The van der Waals surface area contributed by atoms with Crippen LogP contribution in [0.15, 0.2) is 42.9 Å². The van der Waals surface area contributed by atoms with Crippen molar-refractivity contribution in [3.63, 3.8) is 0 Å². The number of unbranched alkanes of at least 4 members (excludes halogenated alkanes) is 1. The predicted octanol–water partition coefficient (Wildman–Crippen LogP) is 4.01. The summed E-state index contributed by atoms with van der Waals surface area (Å²) in [5.74, 6) is 2.04. The van der Waals surface area contributed by atoms with Crippen molar-refractivity contribution < 1.29 is 9.47 Å². The van der Waals surface area contributed by atoms with Crippen LogP contribution in [-0.4, -0.2) is 40.2 Å². The molecular weight excluding hydrogens is 378 g/mol. The van der Waals surface area contributed by atoms with E-state index in [2.05, 4.69) is 31.3 Å². The van der Waals surface area contributed by atoms with Gasteiger partial charge in [0.05, 0.1) is 19.4 Å². The van der Waals surface area contributed by atoms with Crippen LogP contribution in [0.25, 0.3) is 0 Å². The molecule has 0 saturated carbocycles. The highest BCUT2D eigenvalue weighted by Crippen LogP contribution is 2.21. The highest BCUT2D eigenvalue weighted by Gasteiger charge is 2.10. The van der Waals surface area contributed by atoms with Crippen LogP contribution in [0, 0.1) is 6.92 Å². The number of rotatable bonds is 11. The quantitative estimate of drug-likeness (QED) is 0.481. The number of nitrogens with zero attached hydrogens (tertiary/aromatic N) is 4. The minimum Gasteiger partial charge on any atom is -0.495 e. The van der Waals surface area contributed by atoms with E-state index in [1.54, 1.807) is 13.3 Å². The van der Waals surface area contributed by atoms with Gasteiger partial charge >= 0.3 is 0 Å². The van der Waals surface area contributed by atoms with Crippen LogP contribution < -0.4 is 14.8 Å². The molecule has 158 valence electrons. The van der Waals surface area contributed by atoms with Crippen LogP contribution in [0.3, 0.4) is 0 Å². The van der Waals surface area contributed by atoms with Crippen molar-refractivity contribution in [2.24, 2.45) is 0 Å². The smallest absolute Gasteiger partial charge is 0.225 e. The lowest BCUT2D eigenvalue weighted by Crippen LogP contribution is -2.09. The van der Waals surface area contributed by atoms with Gasteiger partial charge < -0.3 is 14.8 Å². The second kappa shape index (κ2) is 11.1. The molecule has 0 spiro atoms. The zero-order valence-electron chi connectivity index (χ0n) is 17.9. The molecule has 3 rings (SSSR count). The minimum absolute atomic E-state index is 0.557. The molecule has 0 unspecified atom stereocenters. The summed E-state index contributed by atoms with van der Waals surface area (Å²) in [6.07, 6.45) is 9.05. The van der Waals surface area contributed by atoms with E-state index in [1.165, 1.54) is 0 Å². The molecule has 7 heteroatoms. The normalized spacial score (nSPS) is 10.6. The van der Waals surface area contributed by atoms with Crippen LogP contribution in [0.5, 0.6) is 11.6 Å². The van der Waals surface area contributed by atoms with E-state index in [9.17, 15) is 0 Å². The number of hydrogen-bond donors (Lipinski definition) is 1. The molecular formula is C23H29N5O2. The Hall–Kier alpha value is -3.22. The summed E-state index contributed by atoms with van der Waals surface area (Å²) in [5, 5.41) is 3.29. The summed E-state index contributed by atoms with van der Waals surface area (Å²) in [6, 6.07) is 7.90. The Balaban J connectivity index is 1.53. The van der Waals surface area contributed by atoms with Gasteiger partial charge in [0.2, 0.25) is 11.8 Å². The second-order valence-electron chi connectivity index (χ2n) is 6.98. The SMILES string of the molecule is CCOc1nc(NCCCCc2ncccc2OC)ncc1Cc1ccc(C)nc1. The van der Waals surface area contributed by atoms with Gasteiger partial charge in [0, 0.05) is 42.8 Å². The van der Waals surface area contributed by atoms with Crippen LogP contribution in [-0.2, 0) is 12.8 Å². The molecule has 3 aromatic rings. The van der Waals surface area contributed by atoms with Crippen LogP contribution in [0.4, 0.5) is 5.95 Å². The van der Waals surface area contributed by atoms with Gasteiger partial charge in [0.25, 0.3) is 0 Å². The molecule has 30 heavy (non-hydrogen) atoms. The molecule has 0 fully saturated rings. The van der Waals surface area contributed by atoms with Crippen molar-refractivity contribution >= 4 is 5.95 Å². The monoisotopic (exact) mass is 407 g/mol. The van der Waals surface area contributed by atoms with Crippen LogP contribution in [0.1, 0.15) is 42.3 Å². The standard InChI is InChI=1S/C23H29N5O2/c1-4-30-22-19(14-18-11-10-17(2)26-15-18)16-27-23(28-22)25-12-6-5-8-20-21(29-3)9-7-13-24-20/h7,9-11,13,15-16H,4-6,8,12,14H2,1-3H3,(H,25,27,28). The van der Waals surface area contributed by atoms with E-state index >= 15 is 0 Å². The van der Waals surface area contributed by atoms with Crippen LogP contribution >= 0.6 is 0 Å². The van der Waals surface area contributed by atoms with Crippen molar-refractivity contribution in [1.29, 1.82) is 0 Å². The third kappa shape index (κ3) is 6.14. The number of aromatic nitrogens is 4. The summed E-state index contributed by atoms with van der Waals surface area (Å²) in [6.45, 7) is 5.27. The summed E-state index contributed by atoms with van der Waals surface area (Å²) in [7, 11) is 1.67. The first-order valence-electron chi connectivity index (χ1n) is 10.3. The average molecular weight is 408 g/mol. The lowest BCUT2D eigenvalue weighted by molar-refractivity contribution is 0.323. The molecule has 0 aliphatic carbocycles. The van der Waals surface area contributed by atoms with Gasteiger partial charge in [-0.2, -0.15) is 4.98 Å². The third-order valence-electron chi connectivity index (χ3n) is 4.66. The fourth-order valence-electron chi connectivity index (χ4n) is 3.10. The Morgan fingerprint density at radius 2 is 1.93 bits per heavy atom. The molecule has 0 aromatic carbocycles. The Bertz CT molecular complexity index is 931. The largest absolute Gasteiger partial charge is 0.495 e. The average Bonchev–Trinajstić information content (AvgIpc) is 2.77. The molecule has 0 radical (unpaired) electrons. The highest BCUT2D eigenvalue weighted by atomic mass is 16.5. The number of aryl methyl sites for hydroxylation is 2. The van der Waals surface area contributed by atoms with Crippen molar-refractivity contribution in [3.8, 4) is 11.6 Å². The first-order valence-corrected chi connectivity index (χ1v) is 10.3. The first-order chi connectivity index (χ1) is 14.7. The summed E-state index contributed by atoms with van der Waals surface area (Å²) in [4.78, 5) is 17.8. The Kier molecular flexibility index (Phi) is 7.94. The van der Waals surface area contributed by atoms with Crippen molar-refractivity contribution in [1.82, 2.24) is 19.9 Å². The molecule has 0 aliphatic heterocycles. The number of ether oxygens (including phenoxy) is 2. The Morgan fingerprint density at radius 1 is 1.03 bits per heavy atom. The molecule has 3 heterocycles. The van der Waals surface area contributed by atoms with E-state index in [0.29, 0.717) is 24.9 Å². The number of methoxy groups -OCH3 is 1. The molecule has 7 nitrogen and oxygen atoms in total. The minimum atomic E-state index is 0.557. The Labute approximate surface area is 177 Å².